The van der Waals surface area contributed by atoms with Crippen LogP contribution >= 0.6 is 0 Å². The first-order valence-corrected chi connectivity index (χ1v) is 3.27. The van der Waals surface area contributed by atoms with Crippen molar-refractivity contribution < 1.29 is 14.6 Å². The van der Waals surface area contributed by atoms with E-state index in [0.29, 0.717) is 13.2 Å². The van der Waals surface area contributed by atoms with Gasteiger partial charge in [0.25, 0.3) is 0 Å². The topological polar surface area (TPSA) is 38.7 Å². The Hall–Kier alpha value is -0.120. The highest BCUT2D eigenvalue weighted by Crippen LogP contribution is 2.14. The molecule has 0 aliphatic heterocycles. The number of ether oxygens (including phenoxy) is 2. The number of rotatable bonds is 5. The quantitative estimate of drug-likeness (QED) is 0.608. The molecular weight excluding hydrogens is 132 g/mol. The Balaban J connectivity index is 3.69. The van der Waals surface area contributed by atoms with E-state index in [1.807, 2.05) is 6.92 Å². The first-order valence-electron chi connectivity index (χ1n) is 3.27. The van der Waals surface area contributed by atoms with Gasteiger partial charge in [0, 0.05) is 19.6 Å². The second-order valence-corrected chi connectivity index (χ2v) is 2.83. The average molecular weight is 148 g/mol. The van der Waals surface area contributed by atoms with E-state index in [9.17, 15) is 0 Å². The van der Waals surface area contributed by atoms with Crippen molar-refractivity contribution in [3.63, 3.8) is 0 Å². The molecule has 0 saturated heterocycles. The lowest BCUT2D eigenvalue weighted by molar-refractivity contribution is -0.0136. The Bertz CT molecular complexity index is 76.9. The molecule has 0 aromatic heterocycles. The van der Waals surface area contributed by atoms with Crippen LogP contribution in [0.4, 0.5) is 0 Å². The summed E-state index contributed by atoms with van der Waals surface area (Å²) in [5, 5.41) is 8.89. The summed E-state index contributed by atoms with van der Waals surface area (Å²) in [6.07, 6.45) is 0. The molecule has 0 heterocycles. The zero-order chi connectivity index (χ0) is 8.04. The van der Waals surface area contributed by atoms with E-state index in [0.717, 1.165) is 0 Å². The van der Waals surface area contributed by atoms with Gasteiger partial charge in [0.2, 0.25) is 0 Å². The number of methoxy groups -OCH3 is 2. The lowest BCUT2D eigenvalue weighted by Crippen LogP contribution is -2.31. The van der Waals surface area contributed by atoms with Gasteiger partial charge in [0.15, 0.2) is 0 Å². The Morgan fingerprint density at radius 2 is 1.60 bits per heavy atom. The molecule has 0 aromatic rings. The largest absolute Gasteiger partial charge is 0.396 e. The first-order chi connectivity index (χ1) is 4.68. The van der Waals surface area contributed by atoms with Gasteiger partial charge in [-0.15, -0.1) is 0 Å². The number of hydrogen-bond donors (Lipinski definition) is 1. The summed E-state index contributed by atoms with van der Waals surface area (Å²) in [5.74, 6) is 0. The van der Waals surface area contributed by atoms with Gasteiger partial charge < -0.3 is 14.6 Å². The summed E-state index contributed by atoms with van der Waals surface area (Å²) in [7, 11) is 3.23. The van der Waals surface area contributed by atoms with E-state index in [4.69, 9.17) is 14.6 Å². The van der Waals surface area contributed by atoms with Crippen LogP contribution in [0.2, 0.25) is 0 Å². The van der Waals surface area contributed by atoms with Gasteiger partial charge in [-0.3, -0.25) is 0 Å². The normalized spacial score (nSPS) is 12.0. The number of aliphatic hydroxyl groups excluding tert-OH is 1. The molecule has 0 aliphatic carbocycles. The molecule has 3 heteroatoms. The predicted molar refractivity (Wildman–Crippen MR) is 38.9 cm³/mol. The van der Waals surface area contributed by atoms with E-state index in [-0.39, 0.29) is 12.0 Å². The number of aliphatic hydroxyl groups is 1. The second-order valence-electron chi connectivity index (χ2n) is 2.83. The van der Waals surface area contributed by atoms with Gasteiger partial charge >= 0.3 is 0 Å². The Morgan fingerprint density at radius 1 is 1.20 bits per heavy atom. The molecule has 0 spiro atoms. The van der Waals surface area contributed by atoms with E-state index >= 15 is 0 Å². The van der Waals surface area contributed by atoms with Gasteiger partial charge in [-0.1, -0.05) is 6.92 Å². The molecule has 0 amide bonds. The maximum Gasteiger partial charge on any atom is 0.0560 e. The highest BCUT2D eigenvalue weighted by Gasteiger charge is 2.22. The summed E-state index contributed by atoms with van der Waals surface area (Å²) in [4.78, 5) is 0. The van der Waals surface area contributed by atoms with Gasteiger partial charge in [-0.25, -0.2) is 0 Å². The zero-order valence-corrected chi connectivity index (χ0v) is 6.89. The van der Waals surface area contributed by atoms with Crippen LogP contribution < -0.4 is 0 Å². The minimum Gasteiger partial charge on any atom is -0.396 e. The van der Waals surface area contributed by atoms with Gasteiger partial charge in [0.1, 0.15) is 0 Å². The van der Waals surface area contributed by atoms with E-state index in [1.54, 1.807) is 14.2 Å². The van der Waals surface area contributed by atoms with Gasteiger partial charge in [-0.05, 0) is 0 Å². The van der Waals surface area contributed by atoms with Crippen LogP contribution in [0.3, 0.4) is 0 Å². The van der Waals surface area contributed by atoms with Gasteiger partial charge in [-0.2, -0.15) is 0 Å². The fraction of sp³-hybridized carbons (Fsp3) is 1.00. The lowest BCUT2D eigenvalue weighted by Gasteiger charge is -2.24. The van der Waals surface area contributed by atoms with Crippen LogP contribution in [0.5, 0.6) is 0 Å². The molecule has 62 valence electrons. The lowest BCUT2D eigenvalue weighted by atomic mass is 9.94. The minimum atomic E-state index is -0.247. The summed E-state index contributed by atoms with van der Waals surface area (Å²) in [6, 6.07) is 0. The molecule has 0 atom stereocenters. The molecule has 0 radical (unpaired) electrons. The third-order valence-corrected chi connectivity index (χ3v) is 1.37. The second kappa shape index (κ2) is 4.66. The van der Waals surface area contributed by atoms with Crippen molar-refractivity contribution in [1.29, 1.82) is 0 Å². The molecule has 0 aliphatic rings. The maximum atomic E-state index is 8.89. The summed E-state index contributed by atoms with van der Waals surface area (Å²) >= 11 is 0. The van der Waals surface area contributed by atoms with Crippen molar-refractivity contribution >= 4 is 0 Å². The molecule has 0 fully saturated rings. The highest BCUT2D eigenvalue weighted by atomic mass is 16.5. The van der Waals surface area contributed by atoms with Crippen LogP contribution in [0.25, 0.3) is 0 Å². The Kier molecular flexibility index (Phi) is 4.60. The van der Waals surface area contributed by atoms with E-state index in [1.165, 1.54) is 0 Å². The highest BCUT2D eigenvalue weighted by molar-refractivity contribution is 4.71. The van der Waals surface area contributed by atoms with Crippen molar-refractivity contribution in [3.05, 3.63) is 0 Å². The first kappa shape index (κ1) is 9.88. The molecule has 0 bridgehead atoms. The van der Waals surface area contributed by atoms with Crippen LogP contribution in [0.1, 0.15) is 6.92 Å². The van der Waals surface area contributed by atoms with Crippen LogP contribution in [0, 0.1) is 5.41 Å². The Labute approximate surface area is 62.0 Å². The van der Waals surface area contributed by atoms with Crippen LogP contribution in [-0.4, -0.2) is 39.1 Å². The van der Waals surface area contributed by atoms with Crippen molar-refractivity contribution in [2.24, 2.45) is 5.41 Å². The van der Waals surface area contributed by atoms with Crippen molar-refractivity contribution in [1.82, 2.24) is 0 Å². The molecule has 3 nitrogen and oxygen atoms in total. The standard InChI is InChI=1S/C7H16O3/c1-7(4-8,5-9-2)6-10-3/h8H,4-6H2,1-3H3. The van der Waals surface area contributed by atoms with Crippen molar-refractivity contribution in [3.8, 4) is 0 Å². The molecule has 1 N–H and O–H groups in total. The SMILES string of the molecule is COCC(C)(CO)COC. The maximum absolute atomic E-state index is 8.89. The van der Waals surface area contributed by atoms with Crippen molar-refractivity contribution in [2.45, 2.75) is 6.92 Å². The van der Waals surface area contributed by atoms with Crippen molar-refractivity contribution in [2.75, 3.05) is 34.0 Å². The Morgan fingerprint density at radius 3 is 1.80 bits per heavy atom. The molecule has 0 rings (SSSR count). The third-order valence-electron chi connectivity index (χ3n) is 1.37. The monoisotopic (exact) mass is 148 g/mol. The molecule has 0 aromatic carbocycles. The molecule has 10 heavy (non-hydrogen) atoms. The summed E-state index contributed by atoms with van der Waals surface area (Å²) in [6.45, 7) is 3.06. The minimum absolute atomic E-state index is 0.0919. The van der Waals surface area contributed by atoms with Crippen LogP contribution in [0.15, 0.2) is 0 Å². The third kappa shape index (κ3) is 3.15. The number of hydrogen-bond acceptors (Lipinski definition) is 3. The van der Waals surface area contributed by atoms with Crippen LogP contribution in [-0.2, 0) is 9.47 Å². The fourth-order valence-electron chi connectivity index (χ4n) is 0.830. The van der Waals surface area contributed by atoms with E-state index < -0.39 is 0 Å². The van der Waals surface area contributed by atoms with Gasteiger partial charge in [0.05, 0.1) is 19.8 Å². The summed E-state index contributed by atoms with van der Waals surface area (Å²) in [5.41, 5.74) is -0.247. The molecular formula is C7H16O3. The fourth-order valence-corrected chi connectivity index (χ4v) is 0.830. The predicted octanol–water partition coefficient (Wildman–Crippen LogP) is 0.278. The van der Waals surface area contributed by atoms with E-state index in [2.05, 4.69) is 0 Å². The molecule has 0 unspecified atom stereocenters. The summed E-state index contributed by atoms with van der Waals surface area (Å²) < 4.78 is 9.82. The smallest absolute Gasteiger partial charge is 0.0560 e. The molecule has 0 saturated carbocycles. The average Bonchev–Trinajstić information content (AvgIpc) is 1.89. The zero-order valence-electron chi connectivity index (χ0n) is 6.89.